The molecule has 2 rings (SSSR count). The molecule has 0 bridgehead atoms. The minimum Gasteiger partial charge on any atom is -0.455 e. The molecule has 0 saturated carbocycles. The number of aryl methyl sites for hydroxylation is 1. The molecule has 0 atom stereocenters. The van der Waals surface area contributed by atoms with Crippen LogP contribution in [0.1, 0.15) is 11.1 Å². The molecule has 0 spiro atoms. The van der Waals surface area contributed by atoms with E-state index in [4.69, 9.17) is 16.3 Å². The molecule has 0 aliphatic carbocycles. The predicted octanol–water partition coefficient (Wildman–Crippen LogP) is 4.92. The SMILES string of the molecule is CNCc1cc(C)ccc1Oc1cc(Br)ccc1Cl. The Morgan fingerprint density at radius 1 is 1.16 bits per heavy atom. The van der Waals surface area contributed by atoms with Crippen LogP contribution in [0.4, 0.5) is 0 Å². The van der Waals surface area contributed by atoms with Gasteiger partial charge >= 0.3 is 0 Å². The van der Waals surface area contributed by atoms with Gasteiger partial charge in [-0.15, -0.1) is 0 Å². The molecule has 0 aliphatic heterocycles. The van der Waals surface area contributed by atoms with Crippen molar-refractivity contribution in [3.8, 4) is 11.5 Å². The third-order valence-electron chi connectivity index (χ3n) is 2.70. The quantitative estimate of drug-likeness (QED) is 0.852. The van der Waals surface area contributed by atoms with Crippen molar-refractivity contribution in [3.05, 3.63) is 57.0 Å². The zero-order chi connectivity index (χ0) is 13.8. The highest BCUT2D eigenvalue weighted by Gasteiger charge is 2.08. The molecule has 100 valence electrons. The summed E-state index contributed by atoms with van der Waals surface area (Å²) in [6.07, 6.45) is 0. The molecule has 0 heterocycles. The van der Waals surface area contributed by atoms with E-state index in [9.17, 15) is 0 Å². The average Bonchev–Trinajstić information content (AvgIpc) is 2.37. The van der Waals surface area contributed by atoms with Crippen LogP contribution < -0.4 is 10.1 Å². The number of ether oxygens (including phenoxy) is 1. The van der Waals surface area contributed by atoms with E-state index in [-0.39, 0.29) is 0 Å². The molecule has 0 aliphatic rings. The van der Waals surface area contributed by atoms with Gasteiger partial charge in [0, 0.05) is 16.6 Å². The van der Waals surface area contributed by atoms with Crippen LogP contribution in [0.2, 0.25) is 5.02 Å². The monoisotopic (exact) mass is 339 g/mol. The van der Waals surface area contributed by atoms with E-state index in [0.29, 0.717) is 10.8 Å². The van der Waals surface area contributed by atoms with Crippen LogP contribution in [-0.2, 0) is 6.54 Å². The van der Waals surface area contributed by atoms with Crippen LogP contribution in [-0.4, -0.2) is 7.05 Å². The van der Waals surface area contributed by atoms with Gasteiger partial charge in [0.15, 0.2) is 0 Å². The highest BCUT2D eigenvalue weighted by molar-refractivity contribution is 9.10. The van der Waals surface area contributed by atoms with Gasteiger partial charge in [0.1, 0.15) is 11.5 Å². The minimum absolute atomic E-state index is 0.596. The Labute approximate surface area is 126 Å². The molecule has 0 fully saturated rings. The van der Waals surface area contributed by atoms with Crippen molar-refractivity contribution in [1.29, 1.82) is 0 Å². The molecule has 19 heavy (non-hydrogen) atoms. The summed E-state index contributed by atoms with van der Waals surface area (Å²) in [5, 5.41) is 3.74. The lowest BCUT2D eigenvalue weighted by Crippen LogP contribution is -2.06. The van der Waals surface area contributed by atoms with Crippen molar-refractivity contribution in [1.82, 2.24) is 5.32 Å². The van der Waals surface area contributed by atoms with Crippen LogP contribution in [0.25, 0.3) is 0 Å². The number of rotatable bonds is 4. The fourth-order valence-corrected chi connectivity index (χ4v) is 2.31. The topological polar surface area (TPSA) is 21.3 Å². The smallest absolute Gasteiger partial charge is 0.147 e. The zero-order valence-corrected chi connectivity index (χ0v) is 13.2. The first-order valence-electron chi connectivity index (χ1n) is 5.97. The predicted molar refractivity (Wildman–Crippen MR) is 83.2 cm³/mol. The van der Waals surface area contributed by atoms with Crippen molar-refractivity contribution >= 4 is 27.5 Å². The Morgan fingerprint density at radius 3 is 2.68 bits per heavy atom. The van der Waals surface area contributed by atoms with Gasteiger partial charge in [-0.25, -0.2) is 0 Å². The maximum Gasteiger partial charge on any atom is 0.147 e. The summed E-state index contributed by atoms with van der Waals surface area (Å²) in [5.41, 5.74) is 2.32. The third-order valence-corrected chi connectivity index (χ3v) is 3.50. The largest absolute Gasteiger partial charge is 0.455 e. The van der Waals surface area contributed by atoms with E-state index in [1.807, 2.05) is 37.4 Å². The summed E-state index contributed by atoms with van der Waals surface area (Å²) >= 11 is 9.56. The summed E-state index contributed by atoms with van der Waals surface area (Å²) < 4.78 is 6.87. The lowest BCUT2D eigenvalue weighted by molar-refractivity contribution is 0.474. The lowest BCUT2D eigenvalue weighted by atomic mass is 10.1. The van der Waals surface area contributed by atoms with Gasteiger partial charge in [-0.3, -0.25) is 0 Å². The number of benzene rings is 2. The normalized spacial score (nSPS) is 10.5. The van der Waals surface area contributed by atoms with Gasteiger partial charge in [-0.2, -0.15) is 0 Å². The average molecular weight is 341 g/mol. The Morgan fingerprint density at radius 2 is 1.95 bits per heavy atom. The highest BCUT2D eigenvalue weighted by Crippen LogP contribution is 2.33. The second-order valence-electron chi connectivity index (χ2n) is 4.32. The van der Waals surface area contributed by atoms with Gasteiger partial charge in [-0.05, 0) is 38.2 Å². The summed E-state index contributed by atoms with van der Waals surface area (Å²) in [6, 6.07) is 11.7. The molecule has 0 aromatic heterocycles. The van der Waals surface area contributed by atoms with Crippen LogP contribution in [0.5, 0.6) is 11.5 Å². The first kappa shape index (κ1) is 14.4. The third kappa shape index (κ3) is 3.72. The summed E-state index contributed by atoms with van der Waals surface area (Å²) in [7, 11) is 1.91. The van der Waals surface area contributed by atoms with E-state index in [0.717, 1.165) is 22.3 Å². The number of hydrogen-bond acceptors (Lipinski definition) is 2. The maximum atomic E-state index is 6.15. The molecule has 0 amide bonds. The van der Waals surface area contributed by atoms with Gasteiger partial charge in [0.25, 0.3) is 0 Å². The molecular formula is C15H15BrClNO. The lowest BCUT2D eigenvalue weighted by Gasteiger charge is -2.13. The first-order chi connectivity index (χ1) is 9.10. The molecular weight excluding hydrogens is 326 g/mol. The van der Waals surface area contributed by atoms with Gasteiger partial charge in [0.2, 0.25) is 0 Å². The van der Waals surface area contributed by atoms with Crippen molar-refractivity contribution in [2.75, 3.05) is 7.05 Å². The van der Waals surface area contributed by atoms with Crippen molar-refractivity contribution in [2.24, 2.45) is 0 Å². The fourth-order valence-electron chi connectivity index (χ4n) is 1.81. The highest BCUT2D eigenvalue weighted by atomic mass is 79.9. The van der Waals surface area contributed by atoms with Gasteiger partial charge in [0.05, 0.1) is 5.02 Å². The standard InChI is InChI=1S/C15H15BrClNO/c1-10-3-6-14(11(7-10)9-18-2)19-15-8-12(16)4-5-13(15)17/h3-8,18H,9H2,1-2H3. The second-order valence-corrected chi connectivity index (χ2v) is 5.64. The zero-order valence-electron chi connectivity index (χ0n) is 10.8. The number of nitrogens with one attached hydrogen (secondary N) is 1. The number of halogens is 2. The Kier molecular flexibility index (Phi) is 4.86. The Hall–Kier alpha value is -1.03. The molecule has 2 nitrogen and oxygen atoms in total. The fraction of sp³-hybridized carbons (Fsp3) is 0.200. The molecule has 0 radical (unpaired) electrons. The van der Waals surface area contributed by atoms with E-state index in [1.165, 1.54) is 5.56 Å². The summed E-state index contributed by atoms with van der Waals surface area (Å²) in [5.74, 6) is 1.47. The van der Waals surface area contributed by atoms with E-state index in [1.54, 1.807) is 0 Å². The molecule has 2 aromatic rings. The van der Waals surface area contributed by atoms with Crippen LogP contribution in [0, 0.1) is 6.92 Å². The molecule has 1 N–H and O–H groups in total. The van der Waals surface area contributed by atoms with Crippen LogP contribution >= 0.6 is 27.5 Å². The molecule has 4 heteroatoms. The van der Waals surface area contributed by atoms with Crippen LogP contribution in [0.3, 0.4) is 0 Å². The minimum atomic E-state index is 0.596. The van der Waals surface area contributed by atoms with Gasteiger partial charge in [-0.1, -0.05) is 45.2 Å². The Bertz CT molecular complexity index is 586. The second kappa shape index (κ2) is 6.42. The van der Waals surface area contributed by atoms with Crippen molar-refractivity contribution in [2.45, 2.75) is 13.5 Å². The Balaban J connectivity index is 2.34. The maximum absolute atomic E-state index is 6.15. The van der Waals surface area contributed by atoms with Crippen molar-refractivity contribution in [3.63, 3.8) is 0 Å². The molecule has 2 aromatic carbocycles. The van der Waals surface area contributed by atoms with Gasteiger partial charge < -0.3 is 10.1 Å². The molecule has 0 saturated heterocycles. The number of hydrogen-bond donors (Lipinski definition) is 1. The van der Waals surface area contributed by atoms with E-state index >= 15 is 0 Å². The molecule has 0 unspecified atom stereocenters. The van der Waals surface area contributed by atoms with E-state index in [2.05, 4.69) is 34.2 Å². The summed E-state index contributed by atoms with van der Waals surface area (Å²) in [4.78, 5) is 0. The van der Waals surface area contributed by atoms with E-state index < -0.39 is 0 Å². The van der Waals surface area contributed by atoms with Crippen molar-refractivity contribution < 1.29 is 4.74 Å². The first-order valence-corrected chi connectivity index (χ1v) is 7.14. The van der Waals surface area contributed by atoms with Crippen LogP contribution in [0.15, 0.2) is 40.9 Å². The summed E-state index contributed by atoms with van der Waals surface area (Å²) in [6.45, 7) is 2.82.